The summed E-state index contributed by atoms with van der Waals surface area (Å²) in [4.78, 5) is 12.8. The van der Waals surface area contributed by atoms with E-state index >= 15 is 0 Å². The van der Waals surface area contributed by atoms with Gasteiger partial charge in [-0.05, 0) is 36.3 Å². The fraction of sp³-hybridized carbons (Fsp3) is 0.556. The summed E-state index contributed by atoms with van der Waals surface area (Å²) in [7, 11) is 0. The average molecular weight is 338 g/mol. The summed E-state index contributed by atoms with van der Waals surface area (Å²) in [6, 6.07) is 8.44. The maximum Gasteiger partial charge on any atom is 0.431 e. The minimum absolute atomic E-state index is 0.324. The molecule has 2 aliphatic carbocycles. The van der Waals surface area contributed by atoms with E-state index in [2.05, 4.69) is 10.5 Å². The SMILES string of the molecule is CC1(C)[C@H]2CC[C@]1(C)C(=O)[C@H]2/C(=N\Nc1ccccc1)C(F)(F)F. The minimum atomic E-state index is -4.64. The fourth-order valence-electron chi connectivity index (χ4n) is 4.35. The molecule has 3 nitrogen and oxygen atoms in total. The van der Waals surface area contributed by atoms with Crippen molar-refractivity contribution in [3.63, 3.8) is 0 Å². The number of Topliss-reactive ketones (excluding diaryl/α,β-unsaturated/α-hetero) is 1. The van der Waals surface area contributed by atoms with Crippen LogP contribution in [0, 0.1) is 22.7 Å². The van der Waals surface area contributed by atoms with E-state index in [-0.39, 0.29) is 11.7 Å². The molecule has 24 heavy (non-hydrogen) atoms. The van der Waals surface area contributed by atoms with Gasteiger partial charge >= 0.3 is 6.18 Å². The van der Waals surface area contributed by atoms with Crippen LogP contribution >= 0.6 is 0 Å². The molecule has 3 atom stereocenters. The van der Waals surface area contributed by atoms with Crippen LogP contribution in [0.4, 0.5) is 18.9 Å². The van der Waals surface area contributed by atoms with Gasteiger partial charge in [-0.2, -0.15) is 18.3 Å². The summed E-state index contributed by atoms with van der Waals surface area (Å²) in [5.41, 5.74) is 0.762. The molecule has 2 bridgehead atoms. The molecule has 2 fully saturated rings. The van der Waals surface area contributed by atoms with Gasteiger partial charge < -0.3 is 0 Å². The van der Waals surface area contributed by atoms with Crippen molar-refractivity contribution >= 4 is 17.2 Å². The van der Waals surface area contributed by atoms with Crippen molar-refractivity contribution in [2.24, 2.45) is 27.8 Å². The molecule has 0 aliphatic heterocycles. The highest BCUT2D eigenvalue weighted by molar-refractivity contribution is 6.12. The lowest BCUT2D eigenvalue weighted by molar-refractivity contribution is -0.131. The number of ketones is 1. The Morgan fingerprint density at radius 1 is 1.21 bits per heavy atom. The molecule has 0 unspecified atom stereocenters. The van der Waals surface area contributed by atoms with Crippen molar-refractivity contribution in [3.8, 4) is 0 Å². The van der Waals surface area contributed by atoms with Gasteiger partial charge in [0.1, 0.15) is 5.78 Å². The Kier molecular flexibility index (Phi) is 3.77. The van der Waals surface area contributed by atoms with E-state index in [0.29, 0.717) is 18.5 Å². The second kappa shape index (κ2) is 5.33. The number of anilines is 1. The highest BCUT2D eigenvalue weighted by atomic mass is 19.4. The zero-order valence-corrected chi connectivity index (χ0v) is 13.9. The second-order valence-corrected chi connectivity index (χ2v) is 7.51. The van der Waals surface area contributed by atoms with Crippen LogP contribution in [0.15, 0.2) is 35.4 Å². The molecule has 2 saturated carbocycles. The normalized spacial score (nSPS) is 32.2. The lowest BCUT2D eigenvalue weighted by Gasteiger charge is -2.32. The number of nitrogens with zero attached hydrogens (tertiary/aromatic N) is 1. The number of benzene rings is 1. The molecule has 0 amide bonds. The van der Waals surface area contributed by atoms with Gasteiger partial charge in [-0.1, -0.05) is 39.0 Å². The van der Waals surface area contributed by atoms with Gasteiger partial charge in [-0.3, -0.25) is 10.2 Å². The fourth-order valence-corrected chi connectivity index (χ4v) is 4.35. The summed E-state index contributed by atoms with van der Waals surface area (Å²) in [5.74, 6) is -1.84. The van der Waals surface area contributed by atoms with E-state index in [1.165, 1.54) is 0 Å². The Morgan fingerprint density at radius 3 is 2.33 bits per heavy atom. The van der Waals surface area contributed by atoms with Crippen LogP contribution in [0.3, 0.4) is 0 Å². The van der Waals surface area contributed by atoms with Crippen LogP contribution in [0.1, 0.15) is 33.6 Å². The molecule has 0 radical (unpaired) electrons. The second-order valence-electron chi connectivity index (χ2n) is 7.51. The molecule has 0 heterocycles. The van der Waals surface area contributed by atoms with Crippen molar-refractivity contribution < 1.29 is 18.0 Å². The zero-order valence-electron chi connectivity index (χ0n) is 13.9. The number of carbonyl (C=O) groups is 1. The predicted octanol–water partition coefficient (Wildman–Crippen LogP) is 4.66. The van der Waals surface area contributed by atoms with Gasteiger partial charge in [0.15, 0.2) is 5.71 Å². The lowest BCUT2D eigenvalue weighted by atomic mass is 9.70. The Morgan fingerprint density at radius 2 is 1.83 bits per heavy atom. The van der Waals surface area contributed by atoms with Gasteiger partial charge in [-0.25, -0.2) is 0 Å². The largest absolute Gasteiger partial charge is 0.431 e. The first-order chi connectivity index (χ1) is 11.1. The number of fused-ring (bicyclic) bond motifs is 2. The first-order valence-electron chi connectivity index (χ1n) is 8.09. The van der Waals surface area contributed by atoms with Crippen LogP contribution in [0.25, 0.3) is 0 Å². The number of alkyl halides is 3. The molecule has 0 aromatic heterocycles. The minimum Gasteiger partial charge on any atom is -0.298 e. The van der Waals surface area contributed by atoms with Crippen LogP contribution < -0.4 is 5.43 Å². The summed E-state index contributed by atoms with van der Waals surface area (Å²) >= 11 is 0. The first kappa shape index (κ1) is 17.0. The van der Waals surface area contributed by atoms with Gasteiger partial charge in [0, 0.05) is 5.41 Å². The Balaban J connectivity index is 1.98. The predicted molar refractivity (Wildman–Crippen MR) is 86.7 cm³/mol. The third-order valence-electron chi connectivity index (χ3n) is 6.20. The Labute approximate surface area is 139 Å². The topological polar surface area (TPSA) is 41.5 Å². The van der Waals surface area contributed by atoms with E-state index in [9.17, 15) is 18.0 Å². The highest BCUT2D eigenvalue weighted by Crippen LogP contribution is 2.66. The molecule has 1 aromatic rings. The molecule has 130 valence electrons. The average Bonchev–Trinajstić information content (AvgIpc) is 2.81. The molecule has 1 aromatic carbocycles. The number of nitrogens with one attached hydrogen (secondary N) is 1. The van der Waals surface area contributed by atoms with Gasteiger partial charge in [-0.15, -0.1) is 0 Å². The number of carbonyl (C=O) groups excluding carboxylic acids is 1. The maximum atomic E-state index is 13.6. The monoisotopic (exact) mass is 338 g/mol. The van der Waals surface area contributed by atoms with E-state index in [0.717, 1.165) is 0 Å². The molecule has 6 heteroatoms. The van der Waals surface area contributed by atoms with E-state index in [1.807, 2.05) is 13.8 Å². The first-order valence-corrected chi connectivity index (χ1v) is 8.09. The summed E-state index contributed by atoms with van der Waals surface area (Å²) < 4.78 is 40.9. The summed E-state index contributed by atoms with van der Waals surface area (Å²) in [5, 5.41) is 3.63. The van der Waals surface area contributed by atoms with Crippen LogP contribution in [0.5, 0.6) is 0 Å². The van der Waals surface area contributed by atoms with E-state index < -0.39 is 28.6 Å². The molecule has 0 spiro atoms. The third kappa shape index (κ3) is 2.34. The lowest BCUT2D eigenvalue weighted by Crippen LogP contribution is -2.41. The molecule has 1 N–H and O–H groups in total. The number of para-hydroxylation sites is 1. The smallest absolute Gasteiger partial charge is 0.298 e. The van der Waals surface area contributed by atoms with Crippen molar-refractivity contribution in [1.29, 1.82) is 0 Å². The standard InChI is InChI=1S/C18H21F3N2O/c1-16(2)12-9-10-17(16,3)15(24)13(12)14(18(19,20)21)23-22-11-7-5-4-6-8-11/h4-8,12-13,22H,9-10H2,1-3H3/b23-14+/t12-,13+,17+/m0/s1. The third-order valence-corrected chi connectivity index (χ3v) is 6.20. The summed E-state index contributed by atoms with van der Waals surface area (Å²) in [6.45, 7) is 5.61. The van der Waals surface area contributed by atoms with Gasteiger partial charge in [0.2, 0.25) is 0 Å². The van der Waals surface area contributed by atoms with Crippen LogP contribution in [-0.2, 0) is 4.79 Å². The number of rotatable bonds is 3. The number of halogens is 3. The molecule has 3 rings (SSSR count). The van der Waals surface area contributed by atoms with E-state index in [4.69, 9.17) is 0 Å². The molecule has 2 aliphatic rings. The molecular weight excluding hydrogens is 317 g/mol. The number of hydrogen-bond donors (Lipinski definition) is 1. The number of hydrazone groups is 1. The quantitative estimate of drug-likeness (QED) is 0.643. The van der Waals surface area contributed by atoms with Crippen LogP contribution in [0.2, 0.25) is 0 Å². The van der Waals surface area contributed by atoms with Gasteiger partial charge in [0.25, 0.3) is 0 Å². The van der Waals surface area contributed by atoms with Crippen LogP contribution in [-0.4, -0.2) is 17.7 Å². The maximum absolute atomic E-state index is 13.6. The highest BCUT2D eigenvalue weighted by Gasteiger charge is 2.69. The Hall–Kier alpha value is -1.85. The van der Waals surface area contributed by atoms with E-state index in [1.54, 1.807) is 37.3 Å². The zero-order chi connectivity index (χ0) is 17.8. The van der Waals surface area contributed by atoms with Crippen molar-refractivity contribution in [3.05, 3.63) is 30.3 Å². The molecule has 0 saturated heterocycles. The van der Waals surface area contributed by atoms with Crippen molar-refractivity contribution in [2.75, 3.05) is 5.43 Å². The molecular formula is C18H21F3N2O. The van der Waals surface area contributed by atoms with Crippen molar-refractivity contribution in [2.45, 2.75) is 39.8 Å². The van der Waals surface area contributed by atoms with Crippen molar-refractivity contribution in [1.82, 2.24) is 0 Å². The Bertz CT molecular complexity index is 681. The number of hydrogen-bond acceptors (Lipinski definition) is 3. The van der Waals surface area contributed by atoms with Gasteiger partial charge in [0.05, 0.1) is 11.6 Å². The summed E-state index contributed by atoms with van der Waals surface area (Å²) in [6.07, 6.45) is -3.36.